The molecule has 0 fully saturated rings. The van der Waals surface area contributed by atoms with Crippen molar-refractivity contribution < 1.29 is 23.9 Å². The number of benzene rings is 2. The topological polar surface area (TPSA) is 89.5 Å². The summed E-state index contributed by atoms with van der Waals surface area (Å²) < 4.78 is 5.17. The van der Waals surface area contributed by atoms with Crippen molar-refractivity contribution in [3.8, 4) is 5.75 Å². The number of thiophene rings is 1. The van der Waals surface area contributed by atoms with E-state index in [9.17, 15) is 19.2 Å². The van der Waals surface area contributed by atoms with Crippen LogP contribution in [-0.4, -0.2) is 23.4 Å². The lowest BCUT2D eigenvalue weighted by Gasteiger charge is -2.09. The van der Waals surface area contributed by atoms with E-state index < -0.39 is 29.4 Å². The van der Waals surface area contributed by atoms with Gasteiger partial charge in [0.05, 0.1) is 16.1 Å². The van der Waals surface area contributed by atoms with E-state index in [2.05, 4.69) is 5.32 Å². The molecule has 1 aliphatic carbocycles. The minimum Gasteiger partial charge on any atom is -0.410 e. The van der Waals surface area contributed by atoms with Crippen LogP contribution in [0.5, 0.6) is 5.75 Å². The molecule has 1 unspecified atom stereocenters. The number of amides is 1. The Kier molecular flexibility index (Phi) is 4.82. The first-order valence-electron chi connectivity index (χ1n) is 8.81. The van der Waals surface area contributed by atoms with Crippen LogP contribution in [-0.2, 0) is 0 Å². The van der Waals surface area contributed by atoms with Crippen LogP contribution >= 0.6 is 11.3 Å². The summed E-state index contributed by atoms with van der Waals surface area (Å²) in [6, 6.07) is 16.3. The highest BCUT2D eigenvalue weighted by Crippen LogP contribution is 2.35. The first kappa shape index (κ1) is 18.8. The largest absolute Gasteiger partial charge is 0.417 e. The normalized spacial score (nSPS) is 15.1. The summed E-state index contributed by atoms with van der Waals surface area (Å²) >= 11 is 1.24. The first-order valence-corrected chi connectivity index (χ1v) is 9.63. The van der Waals surface area contributed by atoms with Gasteiger partial charge < -0.3 is 4.74 Å². The van der Waals surface area contributed by atoms with Gasteiger partial charge in [0, 0.05) is 10.4 Å². The maximum Gasteiger partial charge on any atom is 0.417 e. The third kappa shape index (κ3) is 3.48. The van der Waals surface area contributed by atoms with E-state index in [1.54, 1.807) is 48.5 Å². The van der Waals surface area contributed by atoms with Crippen LogP contribution in [0.3, 0.4) is 0 Å². The first-order chi connectivity index (χ1) is 14.0. The summed E-state index contributed by atoms with van der Waals surface area (Å²) in [7, 11) is 0. The predicted octanol–water partition coefficient (Wildman–Crippen LogP) is 4.55. The number of anilines is 1. The molecule has 1 amide bonds. The monoisotopic (exact) mass is 405 g/mol. The van der Waals surface area contributed by atoms with Crippen LogP contribution in [0.1, 0.15) is 35.3 Å². The number of fused-ring (bicyclic) bond motifs is 1. The number of nitrogens with one attached hydrogen (secondary N) is 1. The number of Topliss-reactive ketones (excluding diaryl/α,β-unsaturated/α-hetero) is 3. The molecule has 0 aliphatic heterocycles. The van der Waals surface area contributed by atoms with Gasteiger partial charge in [-0.3, -0.25) is 19.7 Å². The number of para-hydroxylation sites is 1. The van der Waals surface area contributed by atoms with Gasteiger partial charge >= 0.3 is 6.09 Å². The lowest BCUT2D eigenvalue weighted by molar-refractivity contribution is 0.0758. The second kappa shape index (κ2) is 7.44. The summed E-state index contributed by atoms with van der Waals surface area (Å²) in [6.07, 6.45) is -0.798. The van der Waals surface area contributed by atoms with Crippen molar-refractivity contribution in [2.24, 2.45) is 5.92 Å². The Morgan fingerprint density at radius 2 is 1.69 bits per heavy atom. The molecule has 1 aromatic heterocycles. The molecule has 1 aliphatic rings. The number of hydrogen-bond acceptors (Lipinski definition) is 6. The molecule has 6 nitrogen and oxygen atoms in total. The van der Waals surface area contributed by atoms with E-state index in [1.807, 2.05) is 6.92 Å². The molecule has 3 aromatic rings. The predicted molar refractivity (Wildman–Crippen MR) is 108 cm³/mol. The van der Waals surface area contributed by atoms with Crippen LogP contribution in [0.4, 0.5) is 10.5 Å². The fraction of sp³-hybridized carbons (Fsp3) is 0.0909. The Morgan fingerprint density at radius 3 is 2.38 bits per heavy atom. The minimum atomic E-state index is -1.42. The fourth-order valence-electron chi connectivity index (χ4n) is 3.22. The highest BCUT2D eigenvalue weighted by atomic mass is 32.1. The highest BCUT2D eigenvalue weighted by Gasteiger charge is 2.45. The van der Waals surface area contributed by atoms with Crippen LogP contribution in [0, 0.1) is 12.8 Å². The van der Waals surface area contributed by atoms with Gasteiger partial charge in [-0.25, -0.2) is 4.79 Å². The quantitative estimate of drug-likeness (QED) is 0.508. The summed E-state index contributed by atoms with van der Waals surface area (Å²) in [5.41, 5.74) is 0.299. The zero-order chi connectivity index (χ0) is 20.5. The SMILES string of the molecule is Cc1ccc(C(=O)C2C(=O)c3cccc(NC(=O)Oc4ccccc4)c3C2=O)s1. The fourth-order valence-corrected chi connectivity index (χ4v) is 4.06. The Labute approximate surface area is 170 Å². The van der Waals surface area contributed by atoms with Crippen LogP contribution in [0.15, 0.2) is 60.7 Å². The molecule has 0 saturated carbocycles. The standard InChI is InChI=1S/C22H15NO5S/c1-12-10-11-16(29-12)20(25)18-19(24)14-8-5-9-15(17(14)21(18)26)23-22(27)28-13-6-3-2-4-7-13/h2-11,18H,1H3,(H,23,27). The Balaban J connectivity index is 1.61. The van der Waals surface area contributed by atoms with E-state index in [0.717, 1.165) is 4.88 Å². The number of aryl methyl sites for hydroxylation is 1. The van der Waals surface area contributed by atoms with Gasteiger partial charge in [-0.05, 0) is 37.3 Å². The molecule has 0 spiro atoms. The number of rotatable bonds is 4. The molecular formula is C22H15NO5S. The van der Waals surface area contributed by atoms with Crippen LogP contribution in [0.25, 0.3) is 0 Å². The zero-order valence-electron chi connectivity index (χ0n) is 15.3. The third-order valence-electron chi connectivity index (χ3n) is 4.54. The lowest BCUT2D eigenvalue weighted by Crippen LogP contribution is -2.25. The summed E-state index contributed by atoms with van der Waals surface area (Å²) in [5.74, 6) is -2.78. The maximum absolute atomic E-state index is 13.0. The van der Waals surface area contributed by atoms with E-state index in [4.69, 9.17) is 4.74 Å². The molecule has 29 heavy (non-hydrogen) atoms. The van der Waals surface area contributed by atoms with Gasteiger partial charge in [0.1, 0.15) is 11.7 Å². The molecule has 0 radical (unpaired) electrons. The van der Waals surface area contributed by atoms with Crippen molar-refractivity contribution in [2.75, 3.05) is 5.32 Å². The van der Waals surface area contributed by atoms with Crippen LogP contribution in [0.2, 0.25) is 0 Å². The number of hydrogen-bond donors (Lipinski definition) is 1. The van der Waals surface area contributed by atoms with Crippen molar-refractivity contribution in [2.45, 2.75) is 6.92 Å². The second-order valence-corrected chi connectivity index (χ2v) is 7.78. The van der Waals surface area contributed by atoms with Crippen molar-refractivity contribution in [1.82, 2.24) is 0 Å². The summed E-state index contributed by atoms with van der Waals surface area (Å²) in [6.45, 7) is 1.84. The number of ether oxygens (including phenoxy) is 1. The molecule has 0 bridgehead atoms. The van der Waals surface area contributed by atoms with Gasteiger partial charge in [-0.15, -0.1) is 11.3 Å². The lowest BCUT2D eigenvalue weighted by atomic mass is 9.97. The van der Waals surface area contributed by atoms with E-state index in [1.165, 1.54) is 23.5 Å². The number of ketones is 3. The minimum absolute atomic E-state index is 0.0362. The molecule has 2 aromatic carbocycles. The van der Waals surface area contributed by atoms with Gasteiger partial charge in [0.2, 0.25) is 0 Å². The van der Waals surface area contributed by atoms with Crippen molar-refractivity contribution in [1.29, 1.82) is 0 Å². The van der Waals surface area contributed by atoms with Crippen molar-refractivity contribution >= 4 is 40.5 Å². The summed E-state index contributed by atoms with van der Waals surface area (Å²) in [4.78, 5) is 52.0. The molecule has 1 heterocycles. The highest BCUT2D eigenvalue weighted by molar-refractivity contribution is 7.14. The van der Waals surface area contributed by atoms with E-state index in [0.29, 0.717) is 10.6 Å². The number of carbonyl (C=O) groups is 4. The molecule has 1 N–H and O–H groups in total. The van der Waals surface area contributed by atoms with Gasteiger partial charge in [0.15, 0.2) is 17.3 Å². The molecule has 1 atom stereocenters. The maximum atomic E-state index is 13.0. The summed E-state index contributed by atoms with van der Waals surface area (Å²) in [5, 5.41) is 2.50. The Bertz CT molecular complexity index is 1150. The van der Waals surface area contributed by atoms with Gasteiger partial charge in [0.25, 0.3) is 0 Å². The molecular weight excluding hydrogens is 390 g/mol. The Morgan fingerprint density at radius 1 is 0.931 bits per heavy atom. The molecule has 4 rings (SSSR count). The van der Waals surface area contributed by atoms with Crippen molar-refractivity contribution in [3.63, 3.8) is 0 Å². The smallest absolute Gasteiger partial charge is 0.410 e. The molecule has 144 valence electrons. The third-order valence-corrected chi connectivity index (χ3v) is 5.55. The average molecular weight is 405 g/mol. The van der Waals surface area contributed by atoms with E-state index >= 15 is 0 Å². The van der Waals surface area contributed by atoms with Crippen LogP contribution < -0.4 is 10.1 Å². The second-order valence-electron chi connectivity index (χ2n) is 6.49. The Hall–Kier alpha value is -3.58. The zero-order valence-corrected chi connectivity index (χ0v) is 16.1. The molecule has 7 heteroatoms. The van der Waals surface area contributed by atoms with Gasteiger partial charge in [-0.1, -0.05) is 30.3 Å². The van der Waals surface area contributed by atoms with Crippen molar-refractivity contribution in [3.05, 3.63) is 81.5 Å². The average Bonchev–Trinajstić information content (AvgIpc) is 3.24. The number of carbonyl (C=O) groups excluding carboxylic acids is 4. The van der Waals surface area contributed by atoms with Gasteiger partial charge in [-0.2, -0.15) is 0 Å². The van der Waals surface area contributed by atoms with E-state index in [-0.39, 0.29) is 16.8 Å². The molecule has 0 saturated heterocycles.